The molecule has 0 amide bonds. The van der Waals surface area contributed by atoms with E-state index in [2.05, 4.69) is 4.98 Å². The number of aliphatic hydroxyl groups excluding tert-OH is 1. The Labute approximate surface area is 109 Å². The zero-order chi connectivity index (χ0) is 12.6. The van der Waals surface area contributed by atoms with Gasteiger partial charge >= 0.3 is 5.95 Å². The average Bonchev–Trinajstić information content (AvgIpc) is 2.75. The van der Waals surface area contributed by atoms with Gasteiger partial charge in [-0.2, -0.15) is 4.57 Å². The van der Waals surface area contributed by atoms with Crippen LogP contribution < -0.4 is 0 Å². The number of hydrogen-bond donors (Lipinski definition) is 1. The van der Waals surface area contributed by atoms with Crippen molar-refractivity contribution in [2.24, 2.45) is 0 Å². The lowest BCUT2D eigenvalue weighted by atomic mass is 10.1. The summed E-state index contributed by atoms with van der Waals surface area (Å²) in [6.07, 6.45) is -1.69. The monoisotopic (exact) mass is 357 g/mol. The average molecular weight is 357 g/mol. The molecule has 1 aliphatic heterocycles. The topological polar surface area (TPSA) is 90.4 Å². The maximum absolute atomic E-state index is 13.8. The second-order valence-electron chi connectivity index (χ2n) is 3.57. The van der Waals surface area contributed by atoms with E-state index >= 15 is 0 Å². The lowest BCUT2D eigenvalue weighted by Gasteiger charge is -2.32. The Hall–Kier alpha value is -0.810. The third-order valence-electron chi connectivity index (χ3n) is 2.48. The van der Waals surface area contributed by atoms with Crippen LogP contribution >= 0.6 is 22.6 Å². The quantitative estimate of drug-likeness (QED) is 0.366. The van der Waals surface area contributed by atoms with Crippen LogP contribution in [0.3, 0.4) is 0 Å². The summed E-state index contributed by atoms with van der Waals surface area (Å²) in [4.78, 5) is 13.4. The van der Waals surface area contributed by atoms with E-state index in [1.807, 2.05) is 22.6 Å². The number of halogens is 2. The molecule has 0 spiro atoms. The molecule has 0 aromatic carbocycles. The highest BCUT2D eigenvalue weighted by Crippen LogP contribution is 2.32. The molecule has 4 atom stereocenters. The number of imidazole rings is 1. The highest BCUT2D eigenvalue weighted by molar-refractivity contribution is 14.1. The van der Waals surface area contributed by atoms with Crippen LogP contribution in [-0.4, -0.2) is 42.4 Å². The van der Waals surface area contributed by atoms with Crippen molar-refractivity contribution in [3.63, 3.8) is 0 Å². The van der Waals surface area contributed by atoms with Gasteiger partial charge in [-0.1, -0.05) is 27.6 Å². The smallest absolute Gasteiger partial charge is 0.390 e. The maximum Gasteiger partial charge on any atom is 0.436 e. The first kappa shape index (κ1) is 12.6. The van der Waals surface area contributed by atoms with Crippen LogP contribution in [-0.2, 0) is 4.74 Å². The van der Waals surface area contributed by atoms with E-state index < -0.39 is 29.4 Å². The lowest BCUT2D eigenvalue weighted by molar-refractivity contribution is -0.399. The molecule has 7 nitrogen and oxygen atoms in total. The number of rotatable bonds is 2. The number of nitrogens with zero attached hydrogens (tertiary/aromatic N) is 3. The molecular formula is C8H9FIN3O4. The molecule has 0 radical (unpaired) electrons. The summed E-state index contributed by atoms with van der Waals surface area (Å²) >= 11 is 1.87. The van der Waals surface area contributed by atoms with Gasteiger partial charge in [0.15, 0.2) is 6.17 Å². The summed E-state index contributed by atoms with van der Waals surface area (Å²) in [5.74, 6) is -0.503. The predicted octanol–water partition coefficient (Wildman–Crippen LogP) is 0.823. The molecule has 0 aliphatic carbocycles. The zero-order valence-corrected chi connectivity index (χ0v) is 10.6. The van der Waals surface area contributed by atoms with Gasteiger partial charge in [0, 0.05) is 0 Å². The van der Waals surface area contributed by atoms with Crippen LogP contribution in [0.25, 0.3) is 0 Å². The molecule has 9 heteroatoms. The molecule has 1 aromatic heterocycles. The van der Waals surface area contributed by atoms with Crippen molar-refractivity contribution < 1.29 is 19.2 Å². The Kier molecular flexibility index (Phi) is 3.58. The largest absolute Gasteiger partial charge is 0.436 e. The molecule has 1 N–H and O–H groups in total. The predicted molar refractivity (Wildman–Crippen MR) is 62.6 cm³/mol. The highest BCUT2D eigenvalue weighted by atomic mass is 127. The Morgan fingerprint density at radius 2 is 2.47 bits per heavy atom. The molecular weight excluding hydrogens is 348 g/mol. The third kappa shape index (κ3) is 2.26. The standard InChI is InChI=1S/C8H9FIN3O4/c9-5-6(14)4(10)3-17-7(5)12-2-1-11-8(12)13(15)16/h1-2,4-7,14H,3H2/t4-,5-,6+,7-/m0/s1. The normalized spacial score (nSPS) is 33.6. The van der Waals surface area contributed by atoms with E-state index in [0.717, 1.165) is 4.57 Å². The minimum Gasteiger partial charge on any atom is -0.390 e. The number of alkyl halides is 2. The summed E-state index contributed by atoms with van der Waals surface area (Å²) in [6.45, 7) is 0.127. The molecule has 1 aliphatic rings. The van der Waals surface area contributed by atoms with Gasteiger partial charge in [0.1, 0.15) is 18.5 Å². The molecule has 94 valence electrons. The van der Waals surface area contributed by atoms with Crippen molar-refractivity contribution in [3.8, 4) is 0 Å². The lowest BCUT2D eigenvalue weighted by Crippen LogP contribution is -2.46. The second kappa shape index (κ2) is 4.82. The van der Waals surface area contributed by atoms with Crippen molar-refractivity contribution >= 4 is 28.5 Å². The molecule has 1 aromatic rings. The number of ether oxygens (including phenoxy) is 1. The van der Waals surface area contributed by atoms with E-state index in [1.54, 1.807) is 0 Å². The van der Waals surface area contributed by atoms with Gasteiger partial charge in [0.25, 0.3) is 0 Å². The summed E-state index contributed by atoms with van der Waals surface area (Å²) in [7, 11) is 0. The van der Waals surface area contributed by atoms with Crippen molar-refractivity contribution in [1.29, 1.82) is 0 Å². The molecule has 2 heterocycles. The number of aliphatic hydroxyl groups is 1. The Balaban J connectivity index is 2.28. The van der Waals surface area contributed by atoms with Gasteiger partial charge < -0.3 is 20.0 Å². The Morgan fingerprint density at radius 1 is 1.76 bits per heavy atom. The van der Waals surface area contributed by atoms with Crippen molar-refractivity contribution in [3.05, 3.63) is 22.5 Å². The van der Waals surface area contributed by atoms with Gasteiger partial charge in [-0.25, -0.2) is 4.39 Å². The van der Waals surface area contributed by atoms with Crippen molar-refractivity contribution in [1.82, 2.24) is 9.55 Å². The van der Waals surface area contributed by atoms with Crippen molar-refractivity contribution in [2.75, 3.05) is 6.61 Å². The fourth-order valence-corrected chi connectivity index (χ4v) is 2.23. The van der Waals surface area contributed by atoms with Crippen LogP contribution in [0, 0.1) is 10.1 Å². The van der Waals surface area contributed by atoms with Crippen LogP contribution in [0.2, 0.25) is 0 Å². The third-order valence-corrected chi connectivity index (χ3v) is 3.58. The number of nitro groups is 1. The first-order valence-electron chi connectivity index (χ1n) is 4.77. The molecule has 2 rings (SSSR count). The Bertz CT molecular complexity index is 429. The molecule has 0 bridgehead atoms. The number of hydrogen-bond acceptors (Lipinski definition) is 5. The van der Waals surface area contributed by atoms with Crippen LogP contribution in [0.4, 0.5) is 10.3 Å². The van der Waals surface area contributed by atoms with E-state index in [0.29, 0.717) is 0 Å². The van der Waals surface area contributed by atoms with E-state index in [1.165, 1.54) is 12.4 Å². The first-order chi connectivity index (χ1) is 8.02. The van der Waals surface area contributed by atoms with E-state index in [9.17, 15) is 19.6 Å². The van der Waals surface area contributed by atoms with Gasteiger partial charge in [-0.15, -0.1) is 0 Å². The molecule has 1 fully saturated rings. The summed E-state index contributed by atoms with van der Waals surface area (Å²) < 4.78 is 19.6. The first-order valence-corrected chi connectivity index (χ1v) is 6.02. The van der Waals surface area contributed by atoms with Crippen molar-refractivity contribution in [2.45, 2.75) is 22.4 Å². The van der Waals surface area contributed by atoms with Crippen LogP contribution in [0.15, 0.2) is 12.4 Å². The SMILES string of the molecule is O=[N+]([O-])c1nccn1[C@H]1OC[C@H](I)[C@@H](O)[C@@H]1F. The summed E-state index contributed by atoms with van der Waals surface area (Å²) in [5, 5.41) is 20.2. The van der Waals surface area contributed by atoms with Crippen LogP contribution in [0.5, 0.6) is 0 Å². The van der Waals surface area contributed by atoms with Gasteiger partial charge in [-0.05, 0) is 4.92 Å². The summed E-state index contributed by atoms with van der Waals surface area (Å²) in [6, 6.07) is 0. The van der Waals surface area contributed by atoms with E-state index in [-0.39, 0.29) is 10.5 Å². The molecule has 1 saturated heterocycles. The highest BCUT2D eigenvalue weighted by Gasteiger charge is 2.43. The minimum atomic E-state index is -1.72. The zero-order valence-electron chi connectivity index (χ0n) is 8.44. The molecule has 0 unspecified atom stereocenters. The van der Waals surface area contributed by atoms with Gasteiger partial charge in [0.05, 0.1) is 10.5 Å². The minimum absolute atomic E-state index is 0.127. The fraction of sp³-hybridized carbons (Fsp3) is 0.625. The Morgan fingerprint density at radius 3 is 3.12 bits per heavy atom. The second-order valence-corrected chi connectivity index (χ2v) is 5.17. The van der Waals surface area contributed by atoms with E-state index in [4.69, 9.17) is 4.74 Å². The maximum atomic E-state index is 13.8. The number of aromatic nitrogens is 2. The van der Waals surface area contributed by atoms with Gasteiger partial charge in [-0.3, -0.25) is 0 Å². The molecule has 0 saturated carbocycles. The van der Waals surface area contributed by atoms with Crippen LogP contribution in [0.1, 0.15) is 6.23 Å². The summed E-state index contributed by atoms with van der Waals surface area (Å²) in [5.41, 5.74) is 0. The van der Waals surface area contributed by atoms with Gasteiger partial charge in [0.2, 0.25) is 6.23 Å². The fourth-order valence-electron chi connectivity index (χ4n) is 1.63. The molecule has 17 heavy (non-hydrogen) atoms.